The SMILES string of the molecule is CCNC(CCC(Cl)(Cl)Cl)Cc1ccc2occc2c1. The van der Waals surface area contributed by atoms with Gasteiger partial charge >= 0.3 is 0 Å². The highest BCUT2D eigenvalue weighted by Gasteiger charge is 2.21. The number of fused-ring (bicyclic) bond motifs is 1. The number of furan rings is 1. The number of nitrogens with one attached hydrogen (secondary N) is 1. The quantitative estimate of drug-likeness (QED) is 0.743. The molecular formula is C15H18Cl3NO. The number of halogens is 3. The molecule has 0 spiro atoms. The summed E-state index contributed by atoms with van der Waals surface area (Å²) in [7, 11) is 0. The van der Waals surface area contributed by atoms with Crippen molar-refractivity contribution in [1.29, 1.82) is 0 Å². The minimum Gasteiger partial charge on any atom is -0.464 e. The standard InChI is InChI=1S/C15H18Cl3NO/c1-2-19-13(5-7-15(16,17)18)10-11-3-4-14-12(9-11)6-8-20-14/h3-4,6,8-9,13,19H,2,5,7,10H2,1H3. The molecule has 110 valence electrons. The summed E-state index contributed by atoms with van der Waals surface area (Å²) in [5.41, 5.74) is 2.17. The molecule has 0 fully saturated rings. The summed E-state index contributed by atoms with van der Waals surface area (Å²) in [5.74, 6) is 0. The number of alkyl halides is 3. The van der Waals surface area contributed by atoms with Crippen LogP contribution < -0.4 is 5.32 Å². The van der Waals surface area contributed by atoms with E-state index in [0.717, 1.165) is 30.4 Å². The molecule has 5 heteroatoms. The lowest BCUT2D eigenvalue weighted by atomic mass is 10.0. The number of hydrogen-bond donors (Lipinski definition) is 1. The molecule has 20 heavy (non-hydrogen) atoms. The summed E-state index contributed by atoms with van der Waals surface area (Å²) in [6.45, 7) is 2.99. The van der Waals surface area contributed by atoms with E-state index in [1.807, 2.05) is 12.1 Å². The van der Waals surface area contributed by atoms with Crippen molar-refractivity contribution in [3.8, 4) is 0 Å². The van der Waals surface area contributed by atoms with E-state index < -0.39 is 3.79 Å². The van der Waals surface area contributed by atoms with Gasteiger partial charge in [-0.15, -0.1) is 0 Å². The van der Waals surface area contributed by atoms with Crippen molar-refractivity contribution in [3.05, 3.63) is 36.1 Å². The van der Waals surface area contributed by atoms with Crippen LogP contribution in [0.25, 0.3) is 11.0 Å². The van der Waals surface area contributed by atoms with Crippen molar-refractivity contribution in [1.82, 2.24) is 5.32 Å². The van der Waals surface area contributed by atoms with E-state index in [1.165, 1.54) is 5.56 Å². The molecule has 0 amide bonds. The van der Waals surface area contributed by atoms with Crippen LogP contribution in [0.4, 0.5) is 0 Å². The first-order valence-corrected chi connectivity index (χ1v) is 7.87. The average Bonchev–Trinajstić information content (AvgIpc) is 2.82. The lowest BCUT2D eigenvalue weighted by molar-refractivity contribution is 0.479. The first kappa shape index (κ1) is 16.0. The molecule has 0 saturated heterocycles. The Morgan fingerprint density at radius 3 is 2.75 bits per heavy atom. The fourth-order valence-electron chi connectivity index (χ4n) is 2.33. The average molecular weight is 335 g/mol. The fourth-order valence-corrected chi connectivity index (χ4v) is 2.66. The second-order valence-electron chi connectivity index (χ2n) is 4.91. The third-order valence-corrected chi connectivity index (χ3v) is 3.83. The van der Waals surface area contributed by atoms with Gasteiger partial charge < -0.3 is 9.73 Å². The molecule has 2 aromatic rings. The van der Waals surface area contributed by atoms with Gasteiger partial charge in [0.15, 0.2) is 3.79 Å². The van der Waals surface area contributed by atoms with E-state index in [2.05, 4.69) is 24.4 Å². The smallest absolute Gasteiger partial charge is 0.190 e. The zero-order valence-electron chi connectivity index (χ0n) is 11.3. The van der Waals surface area contributed by atoms with Crippen molar-refractivity contribution in [3.63, 3.8) is 0 Å². The summed E-state index contributed by atoms with van der Waals surface area (Å²) in [6.07, 6.45) is 3.99. The van der Waals surface area contributed by atoms with E-state index >= 15 is 0 Å². The molecule has 0 aliphatic carbocycles. The van der Waals surface area contributed by atoms with E-state index in [0.29, 0.717) is 12.5 Å². The summed E-state index contributed by atoms with van der Waals surface area (Å²) in [6, 6.07) is 8.52. The van der Waals surface area contributed by atoms with E-state index in [4.69, 9.17) is 39.2 Å². The van der Waals surface area contributed by atoms with Crippen LogP contribution in [-0.4, -0.2) is 16.4 Å². The predicted molar refractivity (Wildman–Crippen MR) is 86.9 cm³/mol. The molecule has 1 aromatic carbocycles. The molecule has 1 N–H and O–H groups in total. The fraction of sp³-hybridized carbons (Fsp3) is 0.467. The van der Waals surface area contributed by atoms with Crippen LogP contribution in [0, 0.1) is 0 Å². The number of rotatable bonds is 6. The Morgan fingerprint density at radius 2 is 2.05 bits per heavy atom. The minimum atomic E-state index is -1.18. The first-order chi connectivity index (χ1) is 9.48. The van der Waals surface area contributed by atoms with Crippen LogP contribution in [0.3, 0.4) is 0 Å². The highest BCUT2D eigenvalue weighted by molar-refractivity contribution is 6.67. The van der Waals surface area contributed by atoms with Crippen LogP contribution in [0.1, 0.15) is 25.3 Å². The van der Waals surface area contributed by atoms with Gasteiger partial charge in [0.2, 0.25) is 0 Å². The molecule has 1 unspecified atom stereocenters. The van der Waals surface area contributed by atoms with Crippen molar-refractivity contribution in [2.75, 3.05) is 6.54 Å². The largest absolute Gasteiger partial charge is 0.464 e. The van der Waals surface area contributed by atoms with Crippen molar-refractivity contribution in [2.24, 2.45) is 0 Å². The Labute approximate surface area is 134 Å². The normalized spacial score (nSPS) is 13.8. The van der Waals surface area contributed by atoms with Crippen molar-refractivity contribution in [2.45, 2.75) is 36.0 Å². The molecule has 1 atom stereocenters. The maximum Gasteiger partial charge on any atom is 0.190 e. The zero-order chi connectivity index (χ0) is 14.6. The predicted octanol–water partition coefficient (Wildman–Crippen LogP) is 5.10. The van der Waals surface area contributed by atoms with Crippen LogP contribution in [0.15, 0.2) is 34.9 Å². The van der Waals surface area contributed by atoms with Crippen molar-refractivity contribution >= 4 is 45.8 Å². The van der Waals surface area contributed by atoms with Crippen LogP contribution in [0.2, 0.25) is 0 Å². The Bertz CT molecular complexity index is 547. The molecule has 0 bridgehead atoms. The Hall–Kier alpha value is -0.410. The summed E-state index contributed by atoms with van der Waals surface area (Å²) in [5, 5.41) is 4.57. The molecule has 1 heterocycles. The Morgan fingerprint density at radius 1 is 1.25 bits per heavy atom. The van der Waals surface area contributed by atoms with Crippen LogP contribution in [0.5, 0.6) is 0 Å². The van der Waals surface area contributed by atoms with E-state index in [1.54, 1.807) is 6.26 Å². The van der Waals surface area contributed by atoms with Gasteiger partial charge in [-0.3, -0.25) is 0 Å². The summed E-state index contributed by atoms with van der Waals surface area (Å²) >= 11 is 17.5. The Balaban J connectivity index is 2.02. The van der Waals surface area contributed by atoms with Gasteiger partial charge in [-0.05, 0) is 49.6 Å². The maximum absolute atomic E-state index is 5.83. The summed E-state index contributed by atoms with van der Waals surface area (Å²) < 4.78 is 4.17. The second kappa shape index (κ2) is 7.04. The molecule has 2 nitrogen and oxygen atoms in total. The molecule has 0 aliphatic rings. The van der Waals surface area contributed by atoms with Gasteiger partial charge in [-0.1, -0.05) is 47.8 Å². The van der Waals surface area contributed by atoms with Gasteiger partial charge in [-0.2, -0.15) is 0 Å². The summed E-state index contributed by atoms with van der Waals surface area (Å²) in [4.78, 5) is 0. The third kappa shape index (κ3) is 4.85. The monoisotopic (exact) mass is 333 g/mol. The van der Waals surface area contributed by atoms with Gasteiger partial charge in [0.05, 0.1) is 6.26 Å². The molecule has 2 rings (SSSR count). The highest BCUT2D eigenvalue weighted by Crippen LogP contribution is 2.32. The van der Waals surface area contributed by atoms with Crippen LogP contribution >= 0.6 is 34.8 Å². The second-order valence-corrected chi connectivity index (χ2v) is 7.42. The minimum absolute atomic E-state index is 0.306. The van der Waals surface area contributed by atoms with Gasteiger partial charge in [0, 0.05) is 11.4 Å². The lowest BCUT2D eigenvalue weighted by Gasteiger charge is -2.20. The molecular weight excluding hydrogens is 317 g/mol. The zero-order valence-corrected chi connectivity index (χ0v) is 13.6. The molecule has 0 aliphatic heterocycles. The van der Waals surface area contributed by atoms with Gasteiger partial charge in [0.25, 0.3) is 0 Å². The van der Waals surface area contributed by atoms with E-state index in [9.17, 15) is 0 Å². The highest BCUT2D eigenvalue weighted by atomic mass is 35.6. The topological polar surface area (TPSA) is 25.2 Å². The number of likely N-dealkylation sites (N-methyl/N-ethyl adjacent to an activating group) is 1. The van der Waals surface area contributed by atoms with E-state index in [-0.39, 0.29) is 0 Å². The van der Waals surface area contributed by atoms with Gasteiger partial charge in [-0.25, -0.2) is 0 Å². The first-order valence-electron chi connectivity index (χ1n) is 6.74. The van der Waals surface area contributed by atoms with Gasteiger partial charge in [0.1, 0.15) is 5.58 Å². The third-order valence-electron chi connectivity index (χ3n) is 3.27. The molecule has 0 saturated carbocycles. The lowest BCUT2D eigenvalue weighted by Crippen LogP contribution is -2.32. The number of benzene rings is 1. The molecule has 1 aromatic heterocycles. The number of hydrogen-bond acceptors (Lipinski definition) is 2. The Kier molecular flexibility index (Phi) is 5.62. The van der Waals surface area contributed by atoms with Crippen molar-refractivity contribution < 1.29 is 4.42 Å². The van der Waals surface area contributed by atoms with Crippen LogP contribution in [-0.2, 0) is 6.42 Å². The molecule has 0 radical (unpaired) electrons. The maximum atomic E-state index is 5.83.